The topological polar surface area (TPSA) is 37.4 Å². The highest BCUT2D eigenvalue weighted by atomic mass is 79.9. The van der Waals surface area contributed by atoms with Crippen molar-refractivity contribution in [2.45, 2.75) is 16.1 Å². The van der Waals surface area contributed by atoms with Crippen LogP contribution in [0.3, 0.4) is 0 Å². The maximum absolute atomic E-state index is 11.7. The van der Waals surface area contributed by atoms with Crippen LogP contribution < -0.4 is 4.90 Å². The minimum Gasteiger partial charge on any atom is -0.369 e. The van der Waals surface area contributed by atoms with Gasteiger partial charge < -0.3 is 4.90 Å². The first-order valence-electron chi connectivity index (χ1n) is 5.16. The van der Waals surface area contributed by atoms with Crippen LogP contribution in [0.25, 0.3) is 0 Å². The molecular formula is C11H14BrNO2S. The van der Waals surface area contributed by atoms with Gasteiger partial charge in [0.2, 0.25) is 0 Å². The first-order valence-corrected chi connectivity index (χ1v) is 7.97. The molecule has 1 heterocycles. The van der Waals surface area contributed by atoms with Crippen LogP contribution in [0.4, 0.5) is 5.69 Å². The smallest absolute Gasteiger partial charge is 0.177 e. The van der Waals surface area contributed by atoms with Gasteiger partial charge >= 0.3 is 0 Å². The van der Waals surface area contributed by atoms with Gasteiger partial charge in [-0.05, 0) is 18.6 Å². The van der Waals surface area contributed by atoms with Crippen LogP contribution in [0.15, 0.2) is 29.2 Å². The van der Waals surface area contributed by atoms with Crippen molar-refractivity contribution in [2.75, 3.05) is 24.2 Å². The zero-order valence-electron chi connectivity index (χ0n) is 9.06. The van der Waals surface area contributed by atoms with Crippen molar-refractivity contribution in [3.63, 3.8) is 0 Å². The predicted octanol–water partition coefficient (Wildman–Crippen LogP) is 2.06. The molecule has 1 unspecified atom stereocenters. The lowest BCUT2D eigenvalue weighted by Gasteiger charge is -2.20. The molecule has 1 atom stereocenters. The SMILES string of the molecule is CS(=O)(=O)c1ccccc1N1CCC(Br)C1. The van der Waals surface area contributed by atoms with Crippen LogP contribution in [0, 0.1) is 0 Å². The maximum atomic E-state index is 11.7. The zero-order valence-corrected chi connectivity index (χ0v) is 11.5. The third-order valence-electron chi connectivity index (χ3n) is 2.74. The van der Waals surface area contributed by atoms with E-state index < -0.39 is 9.84 Å². The van der Waals surface area contributed by atoms with Crippen molar-refractivity contribution in [1.29, 1.82) is 0 Å². The Bertz CT molecular complexity index is 487. The largest absolute Gasteiger partial charge is 0.369 e. The van der Waals surface area contributed by atoms with E-state index in [0.717, 1.165) is 25.2 Å². The predicted molar refractivity (Wildman–Crippen MR) is 69.1 cm³/mol. The van der Waals surface area contributed by atoms with E-state index in [2.05, 4.69) is 20.8 Å². The van der Waals surface area contributed by atoms with Crippen LogP contribution in [0.1, 0.15) is 6.42 Å². The van der Waals surface area contributed by atoms with E-state index in [1.54, 1.807) is 12.1 Å². The molecule has 0 N–H and O–H groups in total. The lowest BCUT2D eigenvalue weighted by molar-refractivity contribution is 0.601. The second kappa shape index (κ2) is 4.37. The molecule has 5 heteroatoms. The van der Waals surface area contributed by atoms with E-state index in [-0.39, 0.29) is 0 Å². The van der Waals surface area contributed by atoms with Gasteiger partial charge in [0.1, 0.15) is 0 Å². The molecule has 1 aliphatic rings. The monoisotopic (exact) mass is 303 g/mol. The van der Waals surface area contributed by atoms with Crippen molar-refractivity contribution >= 4 is 31.5 Å². The molecule has 0 aromatic heterocycles. The summed E-state index contributed by atoms with van der Waals surface area (Å²) in [6, 6.07) is 7.20. The van der Waals surface area contributed by atoms with E-state index in [4.69, 9.17) is 0 Å². The molecule has 16 heavy (non-hydrogen) atoms. The molecule has 0 saturated carbocycles. The Labute approximate surface area is 105 Å². The summed E-state index contributed by atoms with van der Waals surface area (Å²) in [5, 5.41) is 0. The number of sulfone groups is 1. The van der Waals surface area contributed by atoms with E-state index in [1.807, 2.05) is 12.1 Å². The van der Waals surface area contributed by atoms with Crippen LogP contribution in [-0.4, -0.2) is 32.6 Å². The number of anilines is 1. The van der Waals surface area contributed by atoms with Crippen molar-refractivity contribution in [3.05, 3.63) is 24.3 Å². The standard InChI is InChI=1S/C11H14BrNO2S/c1-16(14,15)11-5-3-2-4-10(11)13-7-6-9(12)8-13/h2-5,9H,6-8H2,1H3. The molecule has 1 aromatic carbocycles. The van der Waals surface area contributed by atoms with E-state index in [1.165, 1.54) is 6.26 Å². The van der Waals surface area contributed by atoms with Gasteiger partial charge in [-0.1, -0.05) is 28.1 Å². The molecule has 1 saturated heterocycles. The molecule has 2 rings (SSSR count). The summed E-state index contributed by atoms with van der Waals surface area (Å²) in [4.78, 5) is 3.01. The van der Waals surface area contributed by atoms with Crippen molar-refractivity contribution < 1.29 is 8.42 Å². The fourth-order valence-electron chi connectivity index (χ4n) is 1.97. The first kappa shape index (κ1) is 11.9. The summed E-state index contributed by atoms with van der Waals surface area (Å²) < 4.78 is 23.3. The fraction of sp³-hybridized carbons (Fsp3) is 0.455. The van der Waals surface area contributed by atoms with Gasteiger partial charge in [0.15, 0.2) is 9.84 Å². The molecule has 1 aliphatic heterocycles. The summed E-state index contributed by atoms with van der Waals surface area (Å²) in [7, 11) is -3.15. The summed E-state index contributed by atoms with van der Waals surface area (Å²) in [5.41, 5.74) is 0.826. The average Bonchev–Trinajstić information content (AvgIpc) is 2.64. The van der Waals surface area contributed by atoms with Crippen molar-refractivity contribution in [1.82, 2.24) is 0 Å². The second-order valence-corrected chi connectivity index (χ2v) is 7.35. The minimum atomic E-state index is -3.15. The van der Waals surface area contributed by atoms with Crippen LogP contribution in [0.5, 0.6) is 0 Å². The van der Waals surface area contributed by atoms with Crippen LogP contribution in [-0.2, 0) is 9.84 Å². The number of alkyl halides is 1. The Kier molecular flexibility index (Phi) is 3.26. The van der Waals surface area contributed by atoms with Gasteiger partial charge in [-0.25, -0.2) is 8.42 Å². The molecule has 0 spiro atoms. The van der Waals surface area contributed by atoms with Crippen LogP contribution >= 0.6 is 15.9 Å². The number of benzene rings is 1. The lowest BCUT2D eigenvalue weighted by Crippen LogP contribution is -2.21. The molecule has 0 amide bonds. The van der Waals surface area contributed by atoms with Crippen molar-refractivity contribution in [3.8, 4) is 0 Å². The summed E-state index contributed by atoms with van der Waals surface area (Å²) in [6.45, 7) is 1.77. The zero-order chi connectivity index (χ0) is 11.8. The van der Waals surface area contributed by atoms with Crippen molar-refractivity contribution in [2.24, 2.45) is 0 Å². The highest BCUT2D eigenvalue weighted by Crippen LogP contribution is 2.29. The number of hydrogen-bond donors (Lipinski definition) is 0. The van der Waals surface area contributed by atoms with E-state index in [0.29, 0.717) is 9.72 Å². The number of nitrogens with zero attached hydrogens (tertiary/aromatic N) is 1. The Hall–Kier alpha value is -0.550. The Balaban J connectivity index is 2.41. The van der Waals surface area contributed by atoms with Gasteiger partial charge in [-0.2, -0.15) is 0 Å². The summed E-state index contributed by atoms with van der Waals surface area (Å²) in [5.74, 6) is 0. The van der Waals surface area contributed by atoms with Gasteiger partial charge in [-0.15, -0.1) is 0 Å². The third kappa shape index (κ3) is 2.40. The third-order valence-corrected chi connectivity index (χ3v) is 4.63. The maximum Gasteiger partial charge on any atom is 0.177 e. The minimum absolute atomic E-state index is 0.427. The average molecular weight is 304 g/mol. The lowest BCUT2D eigenvalue weighted by atomic mass is 10.3. The normalized spacial score (nSPS) is 21.4. The van der Waals surface area contributed by atoms with Gasteiger partial charge in [0, 0.05) is 24.2 Å². The molecule has 0 bridgehead atoms. The number of hydrogen-bond acceptors (Lipinski definition) is 3. The highest BCUT2D eigenvalue weighted by molar-refractivity contribution is 9.09. The molecule has 0 aliphatic carbocycles. The Morgan fingerprint density at radius 2 is 2.06 bits per heavy atom. The second-order valence-electron chi connectivity index (χ2n) is 4.07. The van der Waals surface area contributed by atoms with E-state index in [9.17, 15) is 8.42 Å². The van der Waals surface area contributed by atoms with Gasteiger partial charge in [-0.3, -0.25) is 0 Å². The fourth-order valence-corrected chi connectivity index (χ4v) is 3.43. The number of halogens is 1. The number of para-hydroxylation sites is 1. The Morgan fingerprint density at radius 1 is 1.38 bits per heavy atom. The molecule has 1 aromatic rings. The Morgan fingerprint density at radius 3 is 2.62 bits per heavy atom. The summed E-state index contributed by atoms with van der Waals surface area (Å²) >= 11 is 3.56. The highest BCUT2D eigenvalue weighted by Gasteiger charge is 2.24. The quantitative estimate of drug-likeness (QED) is 0.785. The first-order chi connectivity index (χ1) is 7.48. The molecule has 0 radical (unpaired) electrons. The number of rotatable bonds is 2. The molecular weight excluding hydrogens is 290 g/mol. The van der Waals surface area contributed by atoms with Gasteiger partial charge in [0.05, 0.1) is 10.6 Å². The van der Waals surface area contributed by atoms with Gasteiger partial charge in [0.25, 0.3) is 0 Å². The van der Waals surface area contributed by atoms with Crippen LogP contribution in [0.2, 0.25) is 0 Å². The van der Waals surface area contributed by atoms with E-state index >= 15 is 0 Å². The molecule has 1 fully saturated rings. The molecule has 3 nitrogen and oxygen atoms in total. The molecule has 88 valence electrons. The summed E-state index contributed by atoms with van der Waals surface area (Å²) in [6.07, 6.45) is 2.31.